The van der Waals surface area contributed by atoms with Crippen molar-refractivity contribution in [3.63, 3.8) is 0 Å². The van der Waals surface area contributed by atoms with Gasteiger partial charge in [0.05, 0.1) is 5.92 Å². The van der Waals surface area contributed by atoms with Gasteiger partial charge in [-0.05, 0) is 24.3 Å². The molecule has 140 valence electrons. The first-order chi connectivity index (χ1) is 13.1. The van der Waals surface area contributed by atoms with Crippen molar-refractivity contribution >= 4 is 34.9 Å². The molecule has 1 aromatic heterocycles. The molecule has 2 aromatic rings. The maximum Gasteiger partial charge on any atom is 0.228 e. The topological polar surface area (TPSA) is 56.8 Å². The van der Waals surface area contributed by atoms with Gasteiger partial charge in [-0.3, -0.25) is 9.59 Å². The number of piperazine rings is 1. The summed E-state index contributed by atoms with van der Waals surface area (Å²) >= 11 is 5.97. The molecule has 2 amide bonds. The maximum absolute atomic E-state index is 12.9. The zero-order valence-corrected chi connectivity index (χ0v) is 15.7. The molecule has 0 aliphatic carbocycles. The van der Waals surface area contributed by atoms with Gasteiger partial charge in [0.1, 0.15) is 11.0 Å². The van der Waals surface area contributed by atoms with E-state index in [9.17, 15) is 9.59 Å². The Labute approximate surface area is 163 Å². The highest BCUT2D eigenvalue weighted by Gasteiger charge is 2.37. The normalized spacial score (nSPS) is 20.3. The lowest BCUT2D eigenvalue weighted by atomic mass is 10.1. The van der Waals surface area contributed by atoms with Crippen LogP contribution in [0.4, 0.5) is 11.5 Å². The number of aromatic nitrogens is 1. The molecule has 1 atom stereocenters. The van der Waals surface area contributed by atoms with E-state index in [0.717, 1.165) is 11.5 Å². The lowest BCUT2D eigenvalue weighted by Crippen LogP contribution is -2.51. The van der Waals surface area contributed by atoms with Crippen molar-refractivity contribution < 1.29 is 9.59 Å². The number of carbonyl (C=O) groups excluding carboxylic acids is 2. The van der Waals surface area contributed by atoms with E-state index < -0.39 is 0 Å². The van der Waals surface area contributed by atoms with Crippen molar-refractivity contribution in [2.45, 2.75) is 6.42 Å². The quantitative estimate of drug-likeness (QED) is 0.763. The van der Waals surface area contributed by atoms with Gasteiger partial charge in [-0.25, -0.2) is 4.98 Å². The third kappa shape index (κ3) is 3.76. The largest absolute Gasteiger partial charge is 0.353 e. The van der Waals surface area contributed by atoms with E-state index in [2.05, 4.69) is 9.88 Å². The molecule has 4 rings (SSSR count). The second-order valence-electron chi connectivity index (χ2n) is 6.87. The minimum atomic E-state index is -0.270. The summed E-state index contributed by atoms with van der Waals surface area (Å²) in [5.74, 6) is 0.649. The molecule has 1 unspecified atom stereocenters. The summed E-state index contributed by atoms with van der Waals surface area (Å²) < 4.78 is 0. The molecular weight excluding hydrogens is 364 g/mol. The number of benzene rings is 1. The Bertz CT molecular complexity index is 837. The first kappa shape index (κ1) is 17.8. The average Bonchev–Trinajstić information content (AvgIpc) is 3.10. The summed E-state index contributed by atoms with van der Waals surface area (Å²) in [4.78, 5) is 35.3. The zero-order chi connectivity index (χ0) is 18.8. The van der Waals surface area contributed by atoms with E-state index in [0.29, 0.717) is 37.9 Å². The van der Waals surface area contributed by atoms with E-state index >= 15 is 0 Å². The molecule has 7 heteroatoms. The van der Waals surface area contributed by atoms with E-state index in [4.69, 9.17) is 11.6 Å². The predicted octanol–water partition coefficient (Wildman–Crippen LogP) is 2.44. The van der Waals surface area contributed by atoms with Crippen molar-refractivity contribution in [1.29, 1.82) is 0 Å². The Kier molecular flexibility index (Phi) is 4.99. The monoisotopic (exact) mass is 384 g/mol. The minimum Gasteiger partial charge on any atom is -0.353 e. The number of amides is 2. The number of carbonyl (C=O) groups is 2. The maximum atomic E-state index is 12.9. The van der Waals surface area contributed by atoms with Crippen molar-refractivity contribution in [2.75, 3.05) is 42.5 Å². The molecule has 3 heterocycles. The van der Waals surface area contributed by atoms with Gasteiger partial charge < -0.3 is 14.7 Å². The summed E-state index contributed by atoms with van der Waals surface area (Å²) in [5.41, 5.74) is 0.856. The standard InChI is InChI=1S/C20H21ClN4O2/c21-17-7-4-8-18(22-17)23-9-11-24(12-10-23)20(27)15-13-19(26)25(14-15)16-5-2-1-3-6-16/h1-8,15H,9-14H2. The predicted molar refractivity (Wildman–Crippen MR) is 105 cm³/mol. The first-order valence-electron chi connectivity index (χ1n) is 9.13. The van der Waals surface area contributed by atoms with E-state index in [-0.39, 0.29) is 24.2 Å². The lowest BCUT2D eigenvalue weighted by molar-refractivity contribution is -0.136. The van der Waals surface area contributed by atoms with Crippen LogP contribution in [0.15, 0.2) is 48.5 Å². The number of anilines is 2. The summed E-state index contributed by atoms with van der Waals surface area (Å²) in [7, 11) is 0. The van der Waals surface area contributed by atoms with Crippen molar-refractivity contribution in [2.24, 2.45) is 5.92 Å². The van der Waals surface area contributed by atoms with Crippen LogP contribution in [0.2, 0.25) is 5.15 Å². The Hall–Kier alpha value is -2.60. The molecule has 0 saturated carbocycles. The van der Waals surface area contributed by atoms with Gasteiger partial charge in [0.25, 0.3) is 0 Å². The molecule has 2 aliphatic heterocycles. The van der Waals surface area contributed by atoms with Gasteiger partial charge in [0, 0.05) is 44.8 Å². The van der Waals surface area contributed by atoms with Crippen LogP contribution in [-0.2, 0) is 9.59 Å². The van der Waals surface area contributed by atoms with Gasteiger partial charge >= 0.3 is 0 Å². The number of halogens is 1. The Morgan fingerprint density at radius 2 is 1.74 bits per heavy atom. The highest BCUT2D eigenvalue weighted by Crippen LogP contribution is 2.26. The number of rotatable bonds is 3. The Morgan fingerprint density at radius 3 is 2.44 bits per heavy atom. The highest BCUT2D eigenvalue weighted by molar-refractivity contribution is 6.29. The van der Waals surface area contributed by atoms with Crippen LogP contribution in [0.3, 0.4) is 0 Å². The molecule has 0 bridgehead atoms. The van der Waals surface area contributed by atoms with Crippen LogP contribution in [0.25, 0.3) is 0 Å². The number of hydrogen-bond acceptors (Lipinski definition) is 4. The summed E-state index contributed by atoms with van der Waals surface area (Å²) in [6.07, 6.45) is 0.282. The molecular formula is C20H21ClN4O2. The number of para-hydroxylation sites is 1. The SMILES string of the molecule is O=C(C1CC(=O)N(c2ccccc2)C1)N1CCN(c2cccc(Cl)n2)CC1. The number of pyridine rings is 1. The zero-order valence-electron chi connectivity index (χ0n) is 14.9. The van der Waals surface area contributed by atoms with Crippen LogP contribution in [0.5, 0.6) is 0 Å². The molecule has 27 heavy (non-hydrogen) atoms. The summed E-state index contributed by atoms with van der Waals surface area (Å²) in [6.45, 7) is 3.13. The summed E-state index contributed by atoms with van der Waals surface area (Å²) in [5, 5.41) is 0.469. The number of nitrogens with zero attached hydrogens (tertiary/aromatic N) is 4. The minimum absolute atomic E-state index is 0.0151. The smallest absolute Gasteiger partial charge is 0.228 e. The molecule has 6 nitrogen and oxygen atoms in total. The highest BCUT2D eigenvalue weighted by atomic mass is 35.5. The molecule has 0 spiro atoms. The molecule has 2 aliphatic rings. The molecule has 2 fully saturated rings. The van der Waals surface area contributed by atoms with E-state index in [1.807, 2.05) is 47.4 Å². The van der Waals surface area contributed by atoms with E-state index in [1.165, 1.54) is 0 Å². The average molecular weight is 385 g/mol. The first-order valence-corrected chi connectivity index (χ1v) is 9.51. The van der Waals surface area contributed by atoms with Crippen molar-refractivity contribution in [3.8, 4) is 0 Å². The Balaban J connectivity index is 1.36. The second kappa shape index (κ2) is 7.56. The van der Waals surface area contributed by atoms with Gasteiger partial charge in [-0.15, -0.1) is 0 Å². The molecule has 0 N–H and O–H groups in total. The van der Waals surface area contributed by atoms with Crippen molar-refractivity contribution in [3.05, 3.63) is 53.7 Å². The molecule has 0 radical (unpaired) electrons. The van der Waals surface area contributed by atoms with Crippen LogP contribution in [-0.4, -0.2) is 54.4 Å². The van der Waals surface area contributed by atoms with Crippen LogP contribution in [0.1, 0.15) is 6.42 Å². The fraction of sp³-hybridized carbons (Fsp3) is 0.350. The number of hydrogen-bond donors (Lipinski definition) is 0. The fourth-order valence-electron chi connectivity index (χ4n) is 3.72. The van der Waals surface area contributed by atoms with Crippen LogP contribution in [0, 0.1) is 5.92 Å². The Morgan fingerprint density at radius 1 is 1.00 bits per heavy atom. The van der Waals surface area contributed by atoms with Crippen molar-refractivity contribution in [1.82, 2.24) is 9.88 Å². The van der Waals surface area contributed by atoms with Crippen LogP contribution >= 0.6 is 11.6 Å². The second-order valence-corrected chi connectivity index (χ2v) is 7.26. The summed E-state index contributed by atoms with van der Waals surface area (Å²) in [6, 6.07) is 15.1. The molecule has 1 aromatic carbocycles. The van der Waals surface area contributed by atoms with Gasteiger partial charge in [0.2, 0.25) is 11.8 Å². The lowest BCUT2D eigenvalue weighted by Gasteiger charge is -2.36. The third-order valence-electron chi connectivity index (χ3n) is 5.16. The molecule has 2 saturated heterocycles. The third-order valence-corrected chi connectivity index (χ3v) is 5.37. The van der Waals surface area contributed by atoms with Gasteiger partial charge in [-0.1, -0.05) is 35.9 Å². The fourth-order valence-corrected chi connectivity index (χ4v) is 3.88. The van der Waals surface area contributed by atoms with E-state index in [1.54, 1.807) is 11.0 Å². The van der Waals surface area contributed by atoms with Gasteiger partial charge in [0.15, 0.2) is 0 Å². The van der Waals surface area contributed by atoms with Gasteiger partial charge in [-0.2, -0.15) is 0 Å². The van der Waals surface area contributed by atoms with Crippen LogP contribution < -0.4 is 9.80 Å².